The van der Waals surface area contributed by atoms with Crippen LogP contribution >= 0.6 is 22.6 Å². The number of halogens is 1. The maximum absolute atomic E-state index is 12.3. The number of fused-ring (bicyclic) bond motifs is 1. The first-order valence-corrected chi connectivity index (χ1v) is 7.88. The van der Waals surface area contributed by atoms with Gasteiger partial charge in [-0.3, -0.25) is 9.69 Å². The first kappa shape index (κ1) is 13.8. The van der Waals surface area contributed by atoms with E-state index in [1.165, 1.54) is 11.1 Å². The maximum Gasteiger partial charge on any atom is 0.176 e. The first-order chi connectivity index (χ1) is 9.72. The van der Waals surface area contributed by atoms with Crippen molar-refractivity contribution < 1.29 is 4.79 Å². The van der Waals surface area contributed by atoms with Gasteiger partial charge in [-0.2, -0.15) is 0 Å². The van der Waals surface area contributed by atoms with E-state index >= 15 is 0 Å². The highest BCUT2D eigenvalue weighted by Crippen LogP contribution is 2.18. The van der Waals surface area contributed by atoms with Crippen LogP contribution in [-0.4, -0.2) is 23.8 Å². The van der Waals surface area contributed by atoms with Crippen molar-refractivity contribution in [2.24, 2.45) is 0 Å². The summed E-state index contributed by atoms with van der Waals surface area (Å²) in [5.74, 6) is 0.209. The number of Topliss-reactive ketones (excluding diaryl/α,β-unsaturated/α-hetero) is 1. The van der Waals surface area contributed by atoms with Gasteiger partial charge in [-0.15, -0.1) is 0 Å². The van der Waals surface area contributed by atoms with Crippen LogP contribution in [0.25, 0.3) is 0 Å². The summed E-state index contributed by atoms with van der Waals surface area (Å²) in [6.45, 7) is 2.36. The van der Waals surface area contributed by atoms with Crippen LogP contribution in [-0.2, 0) is 13.0 Å². The van der Waals surface area contributed by atoms with E-state index in [4.69, 9.17) is 0 Å². The second-order valence-corrected chi connectivity index (χ2v) is 6.41. The molecular weight excluding hydrogens is 361 g/mol. The van der Waals surface area contributed by atoms with Crippen molar-refractivity contribution in [1.29, 1.82) is 0 Å². The fourth-order valence-electron chi connectivity index (χ4n) is 2.62. The number of rotatable bonds is 3. The average Bonchev–Trinajstić information content (AvgIpc) is 2.48. The third kappa shape index (κ3) is 3.10. The quantitative estimate of drug-likeness (QED) is 0.603. The molecule has 3 heteroatoms. The summed E-state index contributed by atoms with van der Waals surface area (Å²) in [5.41, 5.74) is 3.59. The van der Waals surface area contributed by atoms with Gasteiger partial charge in [0.05, 0.1) is 6.54 Å². The molecule has 0 bridgehead atoms. The maximum atomic E-state index is 12.3. The molecule has 0 aromatic heterocycles. The van der Waals surface area contributed by atoms with Gasteiger partial charge in [-0.25, -0.2) is 0 Å². The van der Waals surface area contributed by atoms with Crippen LogP contribution in [0.1, 0.15) is 21.5 Å². The van der Waals surface area contributed by atoms with Gasteiger partial charge in [0.2, 0.25) is 0 Å². The van der Waals surface area contributed by atoms with Gasteiger partial charge in [0.1, 0.15) is 0 Å². The second-order valence-electron chi connectivity index (χ2n) is 5.16. The summed E-state index contributed by atoms with van der Waals surface area (Å²) >= 11 is 2.25. The Labute approximate surface area is 132 Å². The van der Waals surface area contributed by atoms with E-state index < -0.39 is 0 Å². The zero-order valence-corrected chi connectivity index (χ0v) is 13.3. The minimum atomic E-state index is 0.209. The molecule has 102 valence electrons. The lowest BCUT2D eigenvalue weighted by atomic mass is 9.99. The summed E-state index contributed by atoms with van der Waals surface area (Å²) in [6, 6.07) is 16.3. The van der Waals surface area contributed by atoms with Gasteiger partial charge < -0.3 is 0 Å². The number of carbonyl (C=O) groups excluding carboxylic acids is 1. The van der Waals surface area contributed by atoms with Crippen LogP contribution in [0.5, 0.6) is 0 Å². The number of ketones is 1. The smallest absolute Gasteiger partial charge is 0.176 e. The monoisotopic (exact) mass is 377 g/mol. The Balaban J connectivity index is 1.67. The van der Waals surface area contributed by atoms with Crippen molar-refractivity contribution >= 4 is 28.4 Å². The summed E-state index contributed by atoms with van der Waals surface area (Å²) in [7, 11) is 0. The van der Waals surface area contributed by atoms with Crippen LogP contribution in [0, 0.1) is 3.57 Å². The highest BCUT2D eigenvalue weighted by Gasteiger charge is 2.18. The molecule has 0 N–H and O–H groups in total. The standard InChI is InChI=1S/C17H16INO/c18-16-7-5-14(6-8-16)17(20)12-19-10-9-13-3-1-2-4-15(13)11-19/h1-8H,9-12H2. The molecule has 0 amide bonds. The molecule has 0 radical (unpaired) electrons. The number of benzene rings is 2. The first-order valence-electron chi connectivity index (χ1n) is 6.80. The third-order valence-electron chi connectivity index (χ3n) is 3.74. The average molecular weight is 377 g/mol. The van der Waals surface area contributed by atoms with E-state index in [-0.39, 0.29) is 5.78 Å². The molecule has 2 aromatic carbocycles. The fraction of sp³-hybridized carbons (Fsp3) is 0.235. The summed E-state index contributed by atoms with van der Waals surface area (Å²) in [6.07, 6.45) is 1.04. The Morgan fingerprint density at radius 2 is 1.75 bits per heavy atom. The molecule has 20 heavy (non-hydrogen) atoms. The van der Waals surface area contributed by atoms with E-state index in [0.717, 1.165) is 28.6 Å². The predicted octanol–water partition coefficient (Wildman–Crippen LogP) is 3.53. The Bertz CT molecular complexity index is 621. The van der Waals surface area contributed by atoms with Crippen molar-refractivity contribution in [2.75, 3.05) is 13.1 Å². The minimum absolute atomic E-state index is 0.209. The Morgan fingerprint density at radius 1 is 1.05 bits per heavy atom. The third-order valence-corrected chi connectivity index (χ3v) is 4.46. The Hall–Kier alpha value is -1.20. The van der Waals surface area contributed by atoms with Gasteiger partial charge >= 0.3 is 0 Å². The van der Waals surface area contributed by atoms with E-state index in [0.29, 0.717) is 6.54 Å². The molecule has 3 rings (SSSR count). The molecule has 1 aliphatic rings. The molecule has 1 heterocycles. The molecule has 0 unspecified atom stereocenters. The summed E-state index contributed by atoms with van der Waals surface area (Å²) in [4.78, 5) is 14.5. The van der Waals surface area contributed by atoms with Gasteiger partial charge in [0, 0.05) is 22.2 Å². The van der Waals surface area contributed by atoms with Gasteiger partial charge in [0.25, 0.3) is 0 Å². The number of nitrogens with zero attached hydrogens (tertiary/aromatic N) is 1. The zero-order chi connectivity index (χ0) is 13.9. The van der Waals surface area contributed by atoms with Crippen LogP contribution in [0.3, 0.4) is 0 Å². The van der Waals surface area contributed by atoms with Crippen molar-refractivity contribution in [3.8, 4) is 0 Å². The van der Waals surface area contributed by atoms with E-state index in [2.05, 4.69) is 51.8 Å². The molecule has 2 aromatic rings. The lowest BCUT2D eigenvalue weighted by molar-refractivity contribution is 0.0921. The lowest BCUT2D eigenvalue weighted by Gasteiger charge is -2.28. The van der Waals surface area contributed by atoms with Crippen molar-refractivity contribution in [3.63, 3.8) is 0 Å². The molecule has 0 aliphatic carbocycles. The van der Waals surface area contributed by atoms with Crippen LogP contribution in [0.2, 0.25) is 0 Å². The topological polar surface area (TPSA) is 20.3 Å². The van der Waals surface area contributed by atoms with Gasteiger partial charge in [-0.05, 0) is 52.3 Å². The van der Waals surface area contributed by atoms with Crippen molar-refractivity contribution in [3.05, 3.63) is 68.8 Å². The zero-order valence-electron chi connectivity index (χ0n) is 11.2. The molecular formula is C17H16INO. The lowest BCUT2D eigenvalue weighted by Crippen LogP contribution is -2.34. The highest BCUT2D eigenvalue weighted by molar-refractivity contribution is 14.1. The van der Waals surface area contributed by atoms with Crippen molar-refractivity contribution in [2.45, 2.75) is 13.0 Å². The molecule has 0 atom stereocenters. The molecule has 0 fully saturated rings. The largest absolute Gasteiger partial charge is 0.293 e. The van der Waals surface area contributed by atoms with E-state index in [1.54, 1.807) is 0 Å². The van der Waals surface area contributed by atoms with Gasteiger partial charge in [0.15, 0.2) is 5.78 Å². The molecule has 0 saturated heterocycles. The summed E-state index contributed by atoms with van der Waals surface area (Å²) in [5, 5.41) is 0. The Kier molecular flexibility index (Phi) is 4.17. The highest BCUT2D eigenvalue weighted by atomic mass is 127. The fourth-order valence-corrected chi connectivity index (χ4v) is 2.98. The van der Waals surface area contributed by atoms with Crippen LogP contribution < -0.4 is 0 Å². The molecule has 1 aliphatic heterocycles. The van der Waals surface area contributed by atoms with E-state index in [1.807, 2.05) is 24.3 Å². The molecule has 2 nitrogen and oxygen atoms in total. The molecule has 0 spiro atoms. The van der Waals surface area contributed by atoms with Gasteiger partial charge in [-0.1, -0.05) is 36.4 Å². The normalized spacial score (nSPS) is 14.8. The minimum Gasteiger partial charge on any atom is -0.293 e. The number of hydrogen-bond donors (Lipinski definition) is 0. The van der Waals surface area contributed by atoms with Crippen molar-refractivity contribution in [1.82, 2.24) is 4.90 Å². The number of carbonyl (C=O) groups is 1. The Morgan fingerprint density at radius 3 is 2.50 bits per heavy atom. The summed E-state index contributed by atoms with van der Waals surface area (Å²) < 4.78 is 1.16. The number of hydrogen-bond acceptors (Lipinski definition) is 2. The molecule has 0 saturated carbocycles. The van der Waals surface area contributed by atoms with E-state index in [9.17, 15) is 4.79 Å². The second kappa shape index (κ2) is 6.06. The van der Waals surface area contributed by atoms with Crippen LogP contribution in [0.15, 0.2) is 48.5 Å². The predicted molar refractivity (Wildman–Crippen MR) is 88.9 cm³/mol. The van der Waals surface area contributed by atoms with Crippen LogP contribution in [0.4, 0.5) is 0 Å². The SMILES string of the molecule is O=C(CN1CCc2ccccc2C1)c1ccc(I)cc1.